The van der Waals surface area contributed by atoms with Gasteiger partial charge in [-0.3, -0.25) is 9.59 Å². The van der Waals surface area contributed by atoms with Crippen LogP contribution in [0.3, 0.4) is 0 Å². The molecule has 3 aliphatic rings. The van der Waals surface area contributed by atoms with Crippen LogP contribution in [0.5, 0.6) is 0 Å². The van der Waals surface area contributed by atoms with E-state index >= 15 is 0 Å². The Morgan fingerprint density at radius 3 is 2.84 bits per heavy atom. The average Bonchev–Trinajstić information content (AvgIpc) is 2.98. The van der Waals surface area contributed by atoms with Crippen LogP contribution in [0.15, 0.2) is 23.4 Å². The second-order valence-electron chi connectivity index (χ2n) is 6.14. The average molecular weight is 261 g/mol. The molecule has 0 aromatic carbocycles. The SMILES string of the molecule is CC(C)=CC(=O)CC1=CC(=O)[C@]2(C)[C@@H]3O[C@@H]3[C@H](C)N12. The third-order valence-electron chi connectivity index (χ3n) is 4.37. The molecule has 4 atom stereocenters. The van der Waals surface area contributed by atoms with Gasteiger partial charge in [0.25, 0.3) is 0 Å². The molecule has 4 nitrogen and oxygen atoms in total. The maximum atomic E-state index is 12.2. The number of epoxide rings is 1. The highest BCUT2D eigenvalue weighted by atomic mass is 16.6. The summed E-state index contributed by atoms with van der Waals surface area (Å²) in [5.41, 5.74) is 1.25. The molecule has 0 amide bonds. The van der Waals surface area contributed by atoms with Gasteiger partial charge in [-0.1, -0.05) is 5.57 Å². The van der Waals surface area contributed by atoms with Gasteiger partial charge in [0.15, 0.2) is 11.6 Å². The van der Waals surface area contributed by atoms with E-state index in [1.807, 2.05) is 20.8 Å². The predicted molar refractivity (Wildman–Crippen MR) is 70.5 cm³/mol. The van der Waals surface area contributed by atoms with E-state index in [2.05, 4.69) is 11.8 Å². The summed E-state index contributed by atoms with van der Waals surface area (Å²) in [6.07, 6.45) is 3.72. The Bertz CT molecular complexity index is 530. The summed E-state index contributed by atoms with van der Waals surface area (Å²) in [6.45, 7) is 7.79. The van der Waals surface area contributed by atoms with Crippen molar-refractivity contribution in [1.29, 1.82) is 0 Å². The maximum absolute atomic E-state index is 12.2. The summed E-state index contributed by atoms with van der Waals surface area (Å²) < 4.78 is 5.58. The molecular weight excluding hydrogens is 242 g/mol. The first kappa shape index (κ1) is 12.6. The van der Waals surface area contributed by atoms with Crippen LogP contribution in [0, 0.1) is 0 Å². The van der Waals surface area contributed by atoms with Gasteiger partial charge in [-0.05, 0) is 33.8 Å². The standard InChI is InChI=1S/C15H19NO3/c1-8(2)5-11(17)6-10-7-12(18)15(4)14-13(19-14)9(3)16(10)15/h5,7,9,13-14H,6H2,1-4H3/t9-,13+,14+,15+/m0/s1. The molecule has 4 heteroatoms. The first-order chi connectivity index (χ1) is 8.85. The molecule has 0 unspecified atom stereocenters. The lowest BCUT2D eigenvalue weighted by Crippen LogP contribution is -2.49. The van der Waals surface area contributed by atoms with Gasteiger partial charge in [0.2, 0.25) is 0 Å². The van der Waals surface area contributed by atoms with E-state index in [9.17, 15) is 9.59 Å². The molecule has 2 saturated heterocycles. The Hall–Kier alpha value is -1.42. The number of hydrogen-bond donors (Lipinski definition) is 0. The third-order valence-corrected chi connectivity index (χ3v) is 4.37. The van der Waals surface area contributed by atoms with Gasteiger partial charge in [-0.25, -0.2) is 0 Å². The van der Waals surface area contributed by atoms with E-state index < -0.39 is 5.54 Å². The number of carbonyl (C=O) groups is 2. The van der Waals surface area contributed by atoms with Crippen LogP contribution in [0.4, 0.5) is 0 Å². The first-order valence-corrected chi connectivity index (χ1v) is 6.73. The van der Waals surface area contributed by atoms with E-state index in [1.165, 1.54) is 0 Å². The minimum absolute atomic E-state index is 0.00213. The predicted octanol–water partition coefficient (Wildman–Crippen LogP) is 1.61. The van der Waals surface area contributed by atoms with Crippen LogP contribution >= 0.6 is 0 Å². The monoisotopic (exact) mass is 261 g/mol. The lowest BCUT2D eigenvalue weighted by Gasteiger charge is -2.36. The molecule has 19 heavy (non-hydrogen) atoms. The van der Waals surface area contributed by atoms with E-state index in [0.29, 0.717) is 6.42 Å². The number of fused-ring (bicyclic) bond motifs is 3. The van der Waals surface area contributed by atoms with E-state index in [-0.39, 0.29) is 29.8 Å². The minimum atomic E-state index is -0.579. The smallest absolute Gasteiger partial charge is 0.185 e. The van der Waals surface area contributed by atoms with Crippen molar-refractivity contribution >= 4 is 11.6 Å². The van der Waals surface area contributed by atoms with Crippen molar-refractivity contribution in [2.75, 3.05) is 0 Å². The molecular formula is C15H19NO3. The van der Waals surface area contributed by atoms with Gasteiger partial charge in [-0.15, -0.1) is 0 Å². The zero-order valence-electron chi connectivity index (χ0n) is 11.8. The molecule has 0 spiro atoms. The van der Waals surface area contributed by atoms with Gasteiger partial charge >= 0.3 is 0 Å². The number of ketones is 2. The van der Waals surface area contributed by atoms with Crippen molar-refractivity contribution in [2.24, 2.45) is 0 Å². The number of carbonyl (C=O) groups excluding carboxylic acids is 2. The highest BCUT2D eigenvalue weighted by molar-refractivity contribution is 6.04. The summed E-state index contributed by atoms with van der Waals surface area (Å²) in [5.74, 6) is 0.126. The van der Waals surface area contributed by atoms with Crippen molar-refractivity contribution in [3.05, 3.63) is 23.4 Å². The third kappa shape index (κ3) is 1.62. The second-order valence-corrected chi connectivity index (χ2v) is 6.14. The zero-order chi connectivity index (χ0) is 13.9. The van der Waals surface area contributed by atoms with Gasteiger partial charge in [0, 0.05) is 11.8 Å². The molecule has 0 N–H and O–H groups in total. The molecule has 3 aliphatic heterocycles. The first-order valence-electron chi connectivity index (χ1n) is 6.73. The number of ether oxygens (including phenoxy) is 1. The lowest BCUT2D eigenvalue weighted by molar-refractivity contribution is -0.124. The normalized spacial score (nSPS) is 38.7. The van der Waals surface area contributed by atoms with Gasteiger partial charge < -0.3 is 9.64 Å². The van der Waals surface area contributed by atoms with Crippen LogP contribution in [0.25, 0.3) is 0 Å². The molecule has 0 bridgehead atoms. The van der Waals surface area contributed by atoms with E-state index in [4.69, 9.17) is 4.74 Å². The van der Waals surface area contributed by atoms with Gasteiger partial charge in [-0.2, -0.15) is 0 Å². The summed E-state index contributed by atoms with van der Waals surface area (Å²) in [4.78, 5) is 26.3. The number of nitrogens with zero attached hydrogens (tertiary/aromatic N) is 1. The maximum Gasteiger partial charge on any atom is 0.185 e. The molecule has 0 aromatic heterocycles. The molecule has 0 radical (unpaired) electrons. The quantitative estimate of drug-likeness (QED) is 0.572. The van der Waals surface area contributed by atoms with Crippen LogP contribution in [0.2, 0.25) is 0 Å². The van der Waals surface area contributed by atoms with Crippen molar-refractivity contribution in [1.82, 2.24) is 4.90 Å². The Morgan fingerprint density at radius 1 is 1.53 bits per heavy atom. The fourth-order valence-electron chi connectivity index (χ4n) is 3.52. The molecule has 2 fully saturated rings. The fraction of sp³-hybridized carbons (Fsp3) is 0.600. The Kier molecular flexibility index (Phi) is 2.52. The number of hydrogen-bond acceptors (Lipinski definition) is 4. The molecule has 3 heterocycles. The van der Waals surface area contributed by atoms with Crippen molar-refractivity contribution in [3.8, 4) is 0 Å². The Labute approximate surface area is 113 Å². The summed E-state index contributed by atoms with van der Waals surface area (Å²) >= 11 is 0. The van der Waals surface area contributed by atoms with Crippen LogP contribution < -0.4 is 0 Å². The van der Waals surface area contributed by atoms with E-state index in [0.717, 1.165) is 11.3 Å². The van der Waals surface area contributed by atoms with Gasteiger partial charge in [0.05, 0.1) is 12.5 Å². The molecule has 0 saturated carbocycles. The van der Waals surface area contributed by atoms with Crippen molar-refractivity contribution in [2.45, 2.75) is 57.9 Å². The summed E-state index contributed by atoms with van der Waals surface area (Å²) in [7, 11) is 0. The summed E-state index contributed by atoms with van der Waals surface area (Å²) in [6, 6.07) is 0.173. The summed E-state index contributed by atoms with van der Waals surface area (Å²) in [5, 5.41) is 0. The van der Waals surface area contributed by atoms with Crippen LogP contribution in [-0.2, 0) is 14.3 Å². The largest absolute Gasteiger partial charge is 0.364 e. The second kappa shape index (κ2) is 3.79. The molecule has 0 aliphatic carbocycles. The minimum Gasteiger partial charge on any atom is -0.364 e. The Morgan fingerprint density at radius 2 is 2.21 bits per heavy atom. The lowest BCUT2D eigenvalue weighted by atomic mass is 9.95. The van der Waals surface area contributed by atoms with E-state index in [1.54, 1.807) is 12.2 Å². The highest BCUT2D eigenvalue weighted by Gasteiger charge is 2.70. The van der Waals surface area contributed by atoms with Gasteiger partial charge in [0.1, 0.15) is 17.7 Å². The molecule has 102 valence electrons. The molecule has 3 rings (SSSR count). The Balaban J connectivity index is 1.85. The number of morpholine rings is 1. The topological polar surface area (TPSA) is 49.9 Å². The number of allylic oxidation sites excluding steroid dienone is 3. The fourth-order valence-corrected chi connectivity index (χ4v) is 3.52. The van der Waals surface area contributed by atoms with Crippen molar-refractivity contribution < 1.29 is 14.3 Å². The van der Waals surface area contributed by atoms with Crippen LogP contribution in [0.1, 0.15) is 34.1 Å². The highest BCUT2D eigenvalue weighted by Crippen LogP contribution is 2.53. The molecule has 0 aromatic rings. The zero-order valence-corrected chi connectivity index (χ0v) is 11.8. The van der Waals surface area contributed by atoms with Crippen molar-refractivity contribution in [3.63, 3.8) is 0 Å². The number of rotatable bonds is 3. The van der Waals surface area contributed by atoms with Crippen LogP contribution in [-0.4, -0.2) is 40.3 Å².